The van der Waals surface area contributed by atoms with Crippen LogP contribution in [0.3, 0.4) is 0 Å². The summed E-state index contributed by atoms with van der Waals surface area (Å²) in [5, 5.41) is 13.1. The van der Waals surface area contributed by atoms with Gasteiger partial charge in [-0.2, -0.15) is 5.26 Å². The van der Waals surface area contributed by atoms with Crippen LogP contribution in [0.1, 0.15) is 49.5 Å². The molecule has 1 aliphatic carbocycles. The molecule has 1 unspecified atom stereocenters. The second-order valence-corrected chi connectivity index (χ2v) is 6.68. The zero-order valence-corrected chi connectivity index (χ0v) is 14.7. The average molecular weight is 351 g/mol. The van der Waals surface area contributed by atoms with Crippen molar-refractivity contribution in [1.29, 1.82) is 5.26 Å². The molecule has 6 nitrogen and oxygen atoms in total. The van der Waals surface area contributed by atoms with Gasteiger partial charge in [0.1, 0.15) is 11.2 Å². The Labute approximate surface area is 152 Å². The minimum Gasteiger partial charge on any atom is -0.448 e. The first-order valence-electron chi connectivity index (χ1n) is 8.83. The fourth-order valence-corrected chi connectivity index (χ4v) is 3.21. The second-order valence-electron chi connectivity index (χ2n) is 6.68. The molecule has 3 rings (SSSR count). The highest BCUT2D eigenvalue weighted by Gasteiger charge is 2.35. The Bertz CT molecular complexity index is 866. The zero-order valence-electron chi connectivity index (χ0n) is 14.7. The van der Waals surface area contributed by atoms with Gasteiger partial charge in [-0.25, -0.2) is 9.78 Å². The van der Waals surface area contributed by atoms with E-state index in [4.69, 9.17) is 4.74 Å². The van der Waals surface area contributed by atoms with Crippen LogP contribution in [0.5, 0.6) is 0 Å². The molecule has 6 heteroatoms. The fourth-order valence-electron chi connectivity index (χ4n) is 3.21. The van der Waals surface area contributed by atoms with E-state index >= 15 is 0 Å². The molecule has 0 bridgehead atoms. The van der Waals surface area contributed by atoms with Crippen LogP contribution in [0.2, 0.25) is 0 Å². The number of aromatic nitrogens is 1. The topological polar surface area (TPSA) is 92.1 Å². The van der Waals surface area contributed by atoms with Gasteiger partial charge in [0.05, 0.1) is 11.6 Å². The number of carbonyl (C=O) groups is 2. The third kappa shape index (κ3) is 3.83. The Morgan fingerprint density at radius 2 is 1.92 bits per heavy atom. The highest BCUT2D eigenvalue weighted by atomic mass is 16.5. The predicted octanol–water partition coefficient (Wildman–Crippen LogP) is 3.12. The van der Waals surface area contributed by atoms with E-state index in [0.29, 0.717) is 18.4 Å². The van der Waals surface area contributed by atoms with Crippen LogP contribution in [-0.2, 0) is 9.53 Å². The molecule has 1 heterocycles. The molecular formula is C20H21N3O3. The van der Waals surface area contributed by atoms with Crippen molar-refractivity contribution in [2.75, 3.05) is 0 Å². The molecular weight excluding hydrogens is 330 g/mol. The molecule has 1 saturated carbocycles. The highest BCUT2D eigenvalue weighted by molar-refractivity contribution is 5.93. The molecule has 2 aromatic rings. The Morgan fingerprint density at radius 1 is 1.19 bits per heavy atom. The number of benzene rings is 1. The molecule has 1 N–H and O–H groups in total. The number of pyridine rings is 1. The van der Waals surface area contributed by atoms with Crippen LogP contribution in [0.15, 0.2) is 36.4 Å². The largest absolute Gasteiger partial charge is 0.448 e. The van der Waals surface area contributed by atoms with E-state index in [2.05, 4.69) is 16.4 Å². The van der Waals surface area contributed by atoms with E-state index in [1.54, 1.807) is 12.1 Å². The Morgan fingerprint density at radius 3 is 2.65 bits per heavy atom. The molecule has 1 aromatic heterocycles. The monoisotopic (exact) mass is 351 g/mol. The third-order valence-electron chi connectivity index (χ3n) is 4.74. The highest BCUT2D eigenvalue weighted by Crippen LogP contribution is 2.27. The van der Waals surface area contributed by atoms with Gasteiger partial charge >= 0.3 is 5.97 Å². The lowest BCUT2D eigenvalue weighted by Crippen LogP contribution is -2.52. The van der Waals surface area contributed by atoms with Crippen LogP contribution in [0, 0.1) is 11.3 Å². The molecule has 1 atom stereocenters. The van der Waals surface area contributed by atoms with Gasteiger partial charge in [-0.05, 0) is 31.9 Å². The van der Waals surface area contributed by atoms with Crippen LogP contribution in [0.4, 0.5) is 0 Å². The molecule has 0 radical (unpaired) electrons. The summed E-state index contributed by atoms with van der Waals surface area (Å²) in [5.41, 5.74) is -0.0160. The standard InChI is InChI=1S/C20H21N3O3/c1-14(18(24)23-20(13-21)11-5-2-6-12-20)26-19(25)17-10-9-15-7-3-4-8-16(15)22-17/h3-4,7-10,14H,2,5-6,11-12H2,1H3,(H,23,24). The maximum absolute atomic E-state index is 12.4. The van der Waals surface area contributed by atoms with Crippen LogP contribution >= 0.6 is 0 Å². The van der Waals surface area contributed by atoms with Crippen molar-refractivity contribution in [3.8, 4) is 6.07 Å². The first-order chi connectivity index (χ1) is 12.5. The van der Waals surface area contributed by atoms with E-state index < -0.39 is 23.5 Å². The molecule has 1 fully saturated rings. The quantitative estimate of drug-likeness (QED) is 0.855. The van der Waals surface area contributed by atoms with Gasteiger partial charge in [0.15, 0.2) is 6.10 Å². The smallest absolute Gasteiger partial charge is 0.357 e. The molecule has 26 heavy (non-hydrogen) atoms. The molecule has 1 aromatic carbocycles. The lowest BCUT2D eigenvalue weighted by molar-refractivity contribution is -0.130. The van der Waals surface area contributed by atoms with Gasteiger partial charge in [0, 0.05) is 5.39 Å². The first-order valence-corrected chi connectivity index (χ1v) is 8.83. The van der Waals surface area contributed by atoms with Crippen LogP contribution in [-0.4, -0.2) is 28.5 Å². The summed E-state index contributed by atoms with van der Waals surface area (Å²) in [6.07, 6.45) is 3.14. The predicted molar refractivity (Wildman–Crippen MR) is 96.2 cm³/mol. The summed E-state index contributed by atoms with van der Waals surface area (Å²) in [5.74, 6) is -1.12. The van der Waals surface area contributed by atoms with E-state index in [-0.39, 0.29) is 5.69 Å². The number of esters is 1. The van der Waals surface area contributed by atoms with Gasteiger partial charge < -0.3 is 10.1 Å². The molecule has 1 aliphatic rings. The van der Waals surface area contributed by atoms with E-state index in [1.807, 2.05) is 24.3 Å². The van der Waals surface area contributed by atoms with Crippen molar-refractivity contribution in [3.63, 3.8) is 0 Å². The number of fused-ring (bicyclic) bond motifs is 1. The summed E-state index contributed by atoms with van der Waals surface area (Å²) < 4.78 is 5.26. The molecule has 0 saturated heterocycles. The Kier molecular flexibility index (Phi) is 5.17. The number of hydrogen-bond acceptors (Lipinski definition) is 5. The zero-order chi connectivity index (χ0) is 18.6. The molecule has 0 spiro atoms. The van der Waals surface area contributed by atoms with Gasteiger partial charge in [-0.1, -0.05) is 43.5 Å². The van der Waals surface area contributed by atoms with E-state index in [0.717, 1.165) is 24.6 Å². The van der Waals surface area contributed by atoms with Crippen molar-refractivity contribution in [3.05, 3.63) is 42.1 Å². The van der Waals surface area contributed by atoms with Crippen LogP contribution in [0.25, 0.3) is 10.9 Å². The number of carbonyl (C=O) groups excluding carboxylic acids is 2. The Hall–Kier alpha value is -2.94. The third-order valence-corrected chi connectivity index (χ3v) is 4.74. The lowest BCUT2D eigenvalue weighted by Gasteiger charge is -2.32. The van der Waals surface area contributed by atoms with Crippen molar-refractivity contribution in [1.82, 2.24) is 10.3 Å². The second kappa shape index (κ2) is 7.52. The number of nitriles is 1. The van der Waals surface area contributed by atoms with Crippen molar-refractivity contribution < 1.29 is 14.3 Å². The summed E-state index contributed by atoms with van der Waals surface area (Å²) >= 11 is 0. The average Bonchev–Trinajstić information content (AvgIpc) is 2.68. The van der Waals surface area contributed by atoms with E-state index in [1.165, 1.54) is 6.92 Å². The fraction of sp³-hybridized carbons (Fsp3) is 0.400. The summed E-state index contributed by atoms with van der Waals surface area (Å²) in [6.45, 7) is 1.50. The number of ether oxygens (including phenoxy) is 1. The van der Waals surface area contributed by atoms with Crippen molar-refractivity contribution in [2.24, 2.45) is 0 Å². The maximum Gasteiger partial charge on any atom is 0.357 e. The van der Waals surface area contributed by atoms with Gasteiger partial charge in [-0.15, -0.1) is 0 Å². The van der Waals surface area contributed by atoms with Gasteiger partial charge in [-0.3, -0.25) is 4.79 Å². The number of para-hydroxylation sites is 1. The molecule has 1 amide bonds. The Balaban J connectivity index is 1.66. The van der Waals surface area contributed by atoms with E-state index in [9.17, 15) is 14.9 Å². The number of nitrogens with zero attached hydrogens (tertiary/aromatic N) is 2. The summed E-state index contributed by atoms with van der Waals surface area (Å²) in [4.78, 5) is 29.0. The van der Waals surface area contributed by atoms with Crippen molar-refractivity contribution in [2.45, 2.75) is 50.7 Å². The molecule has 134 valence electrons. The first kappa shape index (κ1) is 17.9. The van der Waals surface area contributed by atoms with Crippen molar-refractivity contribution >= 4 is 22.8 Å². The summed E-state index contributed by atoms with van der Waals surface area (Å²) in [7, 11) is 0. The van der Waals surface area contributed by atoms with Gasteiger partial charge in [0.25, 0.3) is 5.91 Å². The normalized spacial score (nSPS) is 17.1. The number of nitrogens with one attached hydrogen (secondary N) is 1. The maximum atomic E-state index is 12.4. The molecule has 0 aliphatic heterocycles. The number of amides is 1. The van der Waals surface area contributed by atoms with Crippen LogP contribution < -0.4 is 5.32 Å². The lowest BCUT2D eigenvalue weighted by atomic mass is 9.83. The number of rotatable bonds is 4. The SMILES string of the molecule is CC(OC(=O)c1ccc2ccccc2n1)C(=O)NC1(C#N)CCCCC1. The minimum absolute atomic E-state index is 0.149. The minimum atomic E-state index is -0.997. The number of hydrogen-bond donors (Lipinski definition) is 1. The van der Waals surface area contributed by atoms with Gasteiger partial charge in [0.2, 0.25) is 0 Å². The summed E-state index contributed by atoms with van der Waals surface area (Å²) in [6, 6.07) is 13.0.